The van der Waals surface area contributed by atoms with E-state index >= 15 is 0 Å². The maximum atomic E-state index is 14.2. The minimum atomic E-state index is -2.83. The van der Waals surface area contributed by atoms with Crippen LogP contribution in [0.15, 0.2) is 12.3 Å². The van der Waals surface area contributed by atoms with Gasteiger partial charge in [0, 0.05) is 41.0 Å². The van der Waals surface area contributed by atoms with Gasteiger partial charge >= 0.3 is 0 Å². The van der Waals surface area contributed by atoms with E-state index in [1.54, 1.807) is 6.92 Å². The number of aliphatic hydroxyl groups is 1. The van der Waals surface area contributed by atoms with E-state index in [2.05, 4.69) is 20.6 Å². The summed E-state index contributed by atoms with van der Waals surface area (Å²) < 4.78 is 28.4. The Bertz CT molecular complexity index is 1100. The summed E-state index contributed by atoms with van der Waals surface area (Å²) in [6.45, 7) is 7.04. The minimum absolute atomic E-state index is 0.00386. The summed E-state index contributed by atoms with van der Waals surface area (Å²) in [6, 6.07) is 0.982. The van der Waals surface area contributed by atoms with Gasteiger partial charge in [-0.25, -0.2) is 18.7 Å². The van der Waals surface area contributed by atoms with Gasteiger partial charge in [0.05, 0.1) is 11.5 Å². The van der Waals surface area contributed by atoms with Gasteiger partial charge in [-0.3, -0.25) is 9.59 Å². The van der Waals surface area contributed by atoms with Gasteiger partial charge in [0.15, 0.2) is 5.01 Å². The molecule has 3 N–H and O–H groups in total. The van der Waals surface area contributed by atoms with Crippen LogP contribution in [-0.2, 0) is 0 Å². The molecule has 2 aromatic heterocycles. The van der Waals surface area contributed by atoms with Crippen molar-refractivity contribution in [2.75, 3.05) is 11.9 Å². The van der Waals surface area contributed by atoms with Gasteiger partial charge in [0.2, 0.25) is 0 Å². The molecule has 2 saturated heterocycles. The number of thiazole rings is 1. The molecule has 11 heteroatoms. The van der Waals surface area contributed by atoms with E-state index in [9.17, 15) is 23.5 Å². The van der Waals surface area contributed by atoms with Crippen molar-refractivity contribution in [1.82, 2.24) is 20.2 Å². The lowest BCUT2D eigenvalue weighted by Crippen LogP contribution is -2.36. The van der Waals surface area contributed by atoms with Gasteiger partial charge in [-0.15, -0.1) is 11.3 Å². The fourth-order valence-corrected chi connectivity index (χ4v) is 5.73. The lowest BCUT2D eigenvalue weighted by molar-refractivity contribution is 0.0725. The van der Waals surface area contributed by atoms with Crippen LogP contribution in [0, 0.1) is 0 Å². The molecule has 0 aromatic carbocycles. The van der Waals surface area contributed by atoms with Crippen molar-refractivity contribution in [3.05, 3.63) is 28.5 Å². The molecule has 0 unspecified atom stereocenters. The van der Waals surface area contributed by atoms with E-state index in [4.69, 9.17) is 0 Å². The average molecular weight is 508 g/mol. The Kier molecular flexibility index (Phi) is 7.10. The van der Waals surface area contributed by atoms with Crippen molar-refractivity contribution in [3.63, 3.8) is 0 Å². The number of nitrogens with one attached hydrogen (secondary N) is 2. The Labute approximate surface area is 207 Å². The molecular weight excluding hydrogens is 476 g/mol. The van der Waals surface area contributed by atoms with Crippen molar-refractivity contribution < 1.29 is 23.5 Å². The smallest absolute Gasteiger partial charge is 0.280 e. The van der Waals surface area contributed by atoms with Crippen LogP contribution in [-0.4, -0.2) is 62.1 Å². The number of rotatable bonds is 7. The first-order valence-electron chi connectivity index (χ1n) is 11.8. The fraction of sp³-hybridized carbons (Fsp3) is 0.583. The highest BCUT2D eigenvalue weighted by Crippen LogP contribution is 2.42. The number of amides is 2. The van der Waals surface area contributed by atoms with Crippen molar-refractivity contribution >= 4 is 29.0 Å². The minimum Gasteiger partial charge on any atom is -0.394 e. The average Bonchev–Trinajstić information content (AvgIpc) is 3.51. The van der Waals surface area contributed by atoms with Crippen molar-refractivity contribution in [2.45, 2.75) is 83.5 Å². The van der Waals surface area contributed by atoms with Crippen LogP contribution in [0.4, 0.5) is 14.6 Å². The zero-order valence-electron chi connectivity index (χ0n) is 20.3. The van der Waals surface area contributed by atoms with Crippen molar-refractivity contribution in [2.24, 2.45) is 0 Å². The summed E-state index contributed by atoms with van der Waals surface area (Å²) in [5.74, 6) is -0.618. The lowest BCUT2D eigenvalue weighted by Gasteiger charge is -2.23. The van der Waals surface area contributed by atoms with Crippen LogP contribution < -0.4 is 10.6 Å². The zero-order chi connectivity index (χ0) is 25.5. The van der Waals surface area contributed by atoms with E-state index in [0.717, 1.165) is 37.0 Å². The molecule has 0 spiro atoms. The van der Waals surface area contributed by atoms with E-state index in [0.29, 0.717) is 5.82 Å². The second kappa shape index (κ2) is 9.77. The predicted octanol–water partition coefficient (Wildman–Crippen LogP) is 4.23. The summed E-state index contributed by atoms with van der Waals surface area (Å²) in [4.78, 5) is 37.0. The highest BCUT2D eigenvalue weighted by molar-refractivity contribution is 7.17. The van der Waals surface area contributed by atoms with Gasteiger partial charge in [-0.05, 0) is 59.4 Å². The molecule has 8 nitrogen and oxygen atoms in total. The Hall–Kier alpha value is -2.66. The quantitative estimate of drug-likeness (QED) is 0.518. The maximum absolute atomic E-state index is 14.2. The van der Waals surface area contributed by atoms with E-state index in [1.807, 2.05) is 25.7 Å². The molecule has 0 radical (unpaired) electrons. The van der Waals surface area contributed by atoms with Gasteiger partial charge < -0.3 is 20.6 Å². The van der Waals surface area contributed by atoms with Gasteiger partial charge in [0.25, 0.3) is 18.2 Å². The number of carbonyl (C=O) groups excluding carboxylic acids is 2. The van der Waals surface area contributed by atoms with Crippen LogP contribution in [0.5, 0.6) is 0 Å². The number of alkyl halides is 2. The fourth-order valence-electron chi connectivity index (χ4n) is 4.74. The molecule has 2 aliphatic heterocycles. The summed E-state index contributed by atoms with van der Waals surface area (Å²) in [5, 5.41) is 15.0. The number of nitrogens with zero attached hydrogens (tertiary/aromatic N) is 3. The second-order valence-electron chi connectivity index (χ2n) is 10.3. The second-order valence-corrected chi connectivity index (χ2v) is 11.3. The molecule has 1 atom stereocenters. The third kappa shape index (κ3) is 5.30. The molecule has 0 aliphatic carbocycles. The Morgan fingerprint density at radius 1 is 1.23 bits per heavy atom. The standard InChI is InChI=1S/C24H31F2N5O3S/c1-12(11-32)28-21(33)22-29-18(23(34)31-13-5-6-14(31)8-7-13)19(35-22)16-10-27-17(30-24(2,3)4)9-15(16)20(25)26/h9-10,12-14,20,32H,5-8,11H2,1-4H3,(H,27,30)(H,28,33)/t12-,13-,14-/m1/s1. The predicted molar refractivity (Wildman–Crippen MR) is 130 cm³/mol. The molecular formula is C24H31F2N5O3S. The summed E-state index contributed by atoms with van der Waals surface area (Å²) in [5.41, 5.74) is -0.593. The number of anilines is 1. The number of fused-ring (bicyclic) bond motifs is 2. The molecule has 2 fully saturated rings. The summed E-state index contributed by atoms with van der Waals surface area (Å²) in [7, 11) is 0. The first-order chi connectivity index (χ1) is 16.5. The number of aromatic nitrogens is 2. The monoisotopic (exact) mass is 507 g/mol. The SMILES string of the molecule is C[C@H](CO)NC(=O)c1nc(C(=O)N2[C@H]3CC[C@H]2CC3)c(-c2cnc(NC(C)(C)C)cc2C(F)F)s1. The molecule has 35 heavy (non-hydrogen) atoms. The van der Waals surface area contributed by atoms with Crippen LogP contribution in [0.3, 0.4) is 0 Å². The number of carbonyl (C=O) groups is 2. The molecule has 190 valence electrons. The molecule has 4 heterocycles. The van der Waals surface area contributed by atoms with Crippen LogP contribution >= 0.6 is 11.3 Å². The van der Waals surface area contributed by atoms with Gasteiger partial charge in [-0.2, -0.15) is 0 Å². The van der Waals surface area contributed by atoms with Crippen LogP contribution in [0.25, 0.3) is 10.4 Å². The molecule has 2 bridgehead atoms. The molecule has 4 rings (SSSR count). The summed E-state index contributed by atoms with van der Waals surface area (Å²) in [6.07, 6.45) is 2.13. The lowest BCUT2D eigenvalue weighted by atomic mass is 10.0. The van der Waals surface area contributed by atoms with E-state index in [-0.39, 0.29) is 56.8 Å². The Morgan fingerprint density at radius 3 is 2.40 bits per heavy atom. The maximum Gasteiger partial charge on any atom is 0.280 e. The van der Waals surface area contributed by atoms with E-state index in [1.165, 1.54) is 12.3 Å². The number of hydrogen-bond acceptors (Lipinski definition) is 7. The van der Waals surface area contributed by atoms with Crippen molar-refractivity contribution in [3.8, 4) is 10.4 Å². The summed E-state index contributed by atoms with van der Waals surface area (Å²) >= 11 is 0.888. The largest absolute Gasteiger partial charge is 0.394 e. The van der Waals surface area contributed by atoms with Crippen molar-refractivity contribution in [1.29, 1.82) is 0 Å². The highest BCUT2D eigenvalue weighted by Gasteiger charge is 2.44. The van der Waals surface area contributed by atoms with E-state index < -0.39 is 18.4 Å². The third-order valence-electron chi connectivity index (χ3n) is 6.28. The zero-order valence-corrected chi connectivity index (χ0v) is 21.1. The number of halogens is 2. The highest BCUT2D eigenvalue weighted by atomic mass is 32.1. The Balaban J connectivity index is 1.79. The first kappa shape index (κ1) is 25.4. The molecule has 2 aliphatic rings. The van der Waals surface area contributed by atoms with Gasteiger partial charge in [-0.1, -0.05) is 0 Å². The normalized spacial score (nSPS) is 20.4. The first-order valence-corrected chi connectivity index (χ1v) is 12.6. The topological polar surface area (TPSA) is 107 Å². The van der Waals surface area contributed by atoms with Gasteiger partial charge in [0.1, 0.15) is 11.5 Å². The Morgan fingerprint density at radius 2 is 1.86 bits per heavy atom. The molecule has 2 amide bonds. The molecule has 0 saturated carbocycles. The molecule has 2 aromatic rings. The third-order valence-corrected chi connectivity index (χ3v) is 7.37. The number of pyridine rings is 1. The van der Waals surface area contributed by atoms with Crippen LogP contribution in [0.1, 0.15) is 85.7 Å². The van der Waals surface area contributed by atoms with Crippen LogP contribution in [0.2, 0.25) is 0 Å². The number of hydrogen-bond donors (Lipinski definition) is 3. The number of aliphatic hydroxyl groups excluding tert-OH is 1.